The molecule has 0 aliphatic carbocycles. The van der Waals surface area contributed by atoms with Crippen molar-refractivity contribution < 1.29 is 14.3 Å². The zero-order chi connectivity index (χ0) is 22.9. The zero-order valence-electron chi connectivity index (χ0n) is 18.8. The lowest BCUT2D eigenvalue weighted by molar-refractivity contribution is -0.115. The van der Waals surface area contributed by atoms with E-state index >= 15 is 0 Å². The molecule has 4 aromatic rings. The Hall–Kier alpha value is -3.69. The molecule has 0 radical (unpaired) electrons. The molecule has 0 saturated carbocycles. The van der Waals surface area contributed by atoms with E-state index in [1.54, 1.807) is 6.20 Å². The number of anilines is 1. The maximum atomic E-state index is 12.7. The standard InChI is InChI=1S/C25H26N6O3/c32-23(13-16-1-3-18-5-8-34-22(18)12-16)27-21-14-26-30-24(21)25-28-19-4-2-17(11-20(19)29-25)15-31-6-9-33-10-7-31/h1-4,11-12,14H,5-10,13,15H2,(H,26,30)(H,27,32)(H,28,29). The second-order valence-electron chi connectivity index (χ2n) is 8.75. The van der Waals surface area contributed by atoms with E-state index in [4.69, 9.17) is 14.5 Å². The summed E-state index contributed by atoms with van der Waals surface area (Å²) < 4.78 is 11.1. The van der Waals surface area contributed by atoms with E-state index < -0.39 is 0 Å². The smallest absolute Gasteiger partial charge is 0.228 e. The van der Waals surface area contributed by atoms with Crippen LogP contribution in [0.3, 0.4) is 0 Å². The number of carbonyl (C=O) groups is 1. The van der Waals surface area contributed by atoms with Gasteiger partial charge in [0.2, 0.25) is 5.91 Å². The summed E-state index contributed by atoms with van der Waals surface area (Å²) in [4.78, 5) is 23.2. The molecule has 0 bridgehead atoms. The van der Waals surface area contributed by atoms with E-state index in [2.05, 4.69) is 37.5 Å². The van der Waals surface area contributed by atoms with Crippen LogP contribution < -0.4 is 10.1 Å². The van der Waals surface area contributed by atoms with E-state index in [9.17, 15) is 4.79 Å². The Kier molecular flexibility index (Phi) is 5.48. The second kappa shape index (κ2) is 8.92. The van der Waals surface area contributed by atoms with Crippen LogP contribution in [0.5, 0.6) is 5.75 Å². The van der Waals surface area contributed by atoms with Gasteiger partial charge >= 0.3 is 0 Å². The first-order chi connectivity index (χ1) is 16.7. The monoisotopic (exact) mass is 458 g/mol. The molecule has 2 aromatic carbocycles. The molecule has 34 heavy (non-hydrogen) atoms. The first kappa shape index (κ1) is 20.9. The lowest BCUT2D eigenvalue weighted by Crippen LogP contribution is -2.35. The number of carbonyl (C=O) groups excluding carboxylic acids is 1. The van der Waals surface area contributed by atoms with Crippen LogP contribution >= 0.6 is 0 Å². The Labute approximate surface area is 196 Å². The number of nitrogens with one attached hydrogen (secondary N) is 3. The van der Waals surface area contributed by atoms with Crippen molar-refractivity contribution in [2.45, 2.75) is 19.4 Å². The molecular weight excluding hydrogens is 432 g/mol. The van der Waals surface area contributed by atoms with Crippen molar-refractivity contribution in [1.29, 1.82) is 0 Å². The number of nitrogens with zero attached hydrogens (tertiary/aromatic N) is 3. The normalized spacial score (nSPS) is 15.9. The molecular formula is C25H26N6O3. The van der Waals surface area contributed by atoms with Gasteiger partial charge in [0.05, 0.1) is 49.2 Å². The number of H-pyrrole nitrogens is 2. The number of ether oxygens (including phenoxy) is 2. The topological polar surface area (TPSA) is 108 Å². The number of aromatic nitrogens is 4. The highest BCUT2D eigenvalue weighted by molar-refractivity contribution is 5.95. The van der Waals surface area contributed by atoms with Gasteiger partial charge in [0.25, 0.3) is 0 Å². The number of morpholine rings is 1. The lowest BCUT2D eigenvalue weighted by atomic mass is 10.1. The van der Waals surface area contributed by atoms with Crippen molar-refractivity contribution in [2.75, 3.05) is 38.2 Å². The number of hydrogen-bond acceptors (Lipinski definition) is 6. The van der Waals surface area contributed by atoms with Crippen LogP contribution in [-0.4, -0.2) is 63.9 Å². The summed E-state index contributed by atoms with van der Waals surface area (Å²) in [7, 11) is 0. The molecule has 9 nitrogen and oxygen atoms in total. The van der Waals surface area contributed by atoms with E-state index in [1.807, 2.05) is 24.3 Å². The molecule has 9 heteroatoms. The number of benzene rings is 2. The van der Waals surface area contributed by atoms with Crippen molar-refractivity contribution in [2.24, 2.45) is 0 Å². The predicted molar refractivity (Wildman–Crippen MR) is 128 cm³/mol. The number of amides is 1. The first-order valence-electron chi connectivity index (χ1n) is 11.6. The molecule has 2 aliphatic heterocycles. The number of imidazole rings is 1. The van der Waals surface area contributed by atoms with Gasteiger partial charge in [-0.3, -0.25) is 14.8 Å². The van der Waals surface area contributed by atoms with Gasteiger partial charge in [-0.1, -0.05) is 18.2 Å². The predicted octanol–water partition coefficient (Wildman–Crippen LogP) is 2.90. The molecule has 3 N–H and O–H groups in total. The Morgan fingerprint density at radius 1 is 1.09 bits per heavy atom. The van der Waals surface area contributed by atoms with Gasteiger partial charge < -0.3 is 19.8 Å². The SMILES string of the molecule is O=C(Cc1ccc2c(c1)OCC2)Nc1cn[nH]c1-c1nc2ccc(CN3CCOCC3)cc2[nH]1. The minimum Gasteiger partial charge on any atom is -0.493 e. The fraction of sp³-hybridized carbons (Fsp3) is 0.320. The largest absolute Gasteiger partial charge is 0.493 e. The number of rotatable bonds is 6. The van der Waals surface area contributed by atoms with Crippen molar-refractivity contribution >= 4 is 22.6 Å². The van der Waals surface area contributed by atoms with Crippen LogP contribution in [0, 0.1) is 0 Å². The molecule has 0 spiro atoms. The molecule has 0 unspecified atom stereocenters. The van der Waals surface area contributed by atoms with Gasteiger partial charge in [0, 0.05) is 26.1 Å². The molecule has 4 heterocycles. The van der Waals surface area contributed by atoms with Crippen LogP contribution in [0.2, 0.25) is 0 Å². The average Bonchev–Trinajstić information content (AvgIpc) is 3.58. The Morgan fingerprint density at radius 3 is 2.88 bits per heavy atom. The van der Waals surface area contributed by atoms with Crippen LogP contribution in [-0.2, 0) is 28.9 Å². The molecule has 0 atom stereocenters. The minimum atomic E-state index is -0.121. The third-order valence-corrected chi connectivity index (χ3v) is 6.33. The highest BCUT2D eigenvalue weighted by Crippen LogP contribution is 2.28. The van der Waals surface area contributed by atoms with E-state index in [1.165, 1.54) is 11.1 Å². The van der Waals surface area contributed by atoms with Crippen molar-refractivity contribution in [3.8, 4) is 17.3 Å². The quantitative estimate of drug-likeness (QED) is 0.410. The number of hydrogen-bond donors (Lipinski definition) is 3. The summed E-state index contributed by atoms with van der Waals surface area (Å²) in [5.74, 6) is 1.39. The Bertz CT molecular complexity index is 1340. The number of aromatic amines is 2. The minimum absolute atomic E-state index is 0.121. The second-order valence-corrected chi connectivity index (χ2v) is 8.75. The Balaban J connectivity index is 1.17. The van der Waals surface area contributed by atoms with Crippen molar-refractivity contribution in [3.63, 3.8) is 0 Å². The van der Waals surface area contributed by atoms with E-state index in [0.29, 0.717) is 23.8 Å². The summed E-state index contributed by atoms with van der Waals surface area (Å²) in [5, 5.41) is 10.1. The Morgan fingerprint density at radius 2 is 1.97 bits per heavy atom. The van der Waals surface area contributed by atoms with E-state index in [-0.39, 0.29) is 12.3 Å². The average molecular weight is 459 g/mol. The summed E-state index contributed by atoms with van der Waals surface area (Å²) in [6, 6.07) is 12.2. The van der Waals surface area contributed by atoms with Crippen LogP contribution in [0.1, 0.15) is 16.7 Å². The highest BCUT2D eigenvalue weighted by Gasteiger charge is 2.17. The van der Waals surface area contributed by atoms with Crippen LogP contribution in [0.15, 0.2) is 42.6 Å². The van der Waals surface area contributed by atoms with Gasteiger partial charge in [0.15, 0.2) is 5.82 Å². The van der Waals surface area contributed by atoms with Crippen molar-refractivity contribution in [3.05, 3.63) is 59.3 Å². The fourth-order valence-electron chi connectivity index (χ4n) is 4.55. The highest BCUT2D eigenvalue weighted by atomic mass is 16.5. The molecule has 6 rings (SSSR count). The molecule has 1 amide bonds. The van der Waals surface area contributed by atoms with E-state index in [0.717, 1.165) is 61.6 Å². The molecule has 2 aliphatic rings. The number of fused-ring (bicyclic) bond motifs is 2. The summed E-state index contributed by atoms with van der Waals surface area (Å²) in [6.45, 7) is 5.04. The van der Waals surface area contributed by atoms with Crippen LogP contribution in [0.4, 0.5) is 5.69 Å². The maximum absolute atomic E-state index is 12.7. The third kappa shape index (κ3) is 4.27. The summed E-state index contributed by atoms with van der Waals surface area (Å²) in [6.07, 6.45) is 2.79. The maximum Gasteiger partial charge on any atom is 0.228 e. The first-order valence-corrected chi connectivity index (χ1v) is 11.6. The lowest BCUT2D eigenvalue weighted by Gasteiger charge is -2.26. The zero-order valence-corrected chi connectivity index (χ0v) is 18.8. The summed E-state index contributed by atoms with van der Waals surface area (Å²) >= 11 is 0. The summed E-state index contributed by atoms with van der Waals surface area (Å²) in [5.41, 5.74) is 6.39. The van der Waals surface area contributed by atoms with Gasteiger partial charge in [-0.2, -0.15) is 5.10 Å². The van der Waals surface area contributed by atoms with Gasteiger partial charge in [-0.25, -0.2) is 4.98 Å². The molecule has 1 fully saturated rings. The van der Waals surface area contributed by atoms with Crippen molar-refractivity contribution in [1.82, 2.24) is 25.1 Å². The van der Waals surface area contributed by atoms with Gasteiger partial charge in [-0.15, -0.1) is 0 Å². The molecule has 1 saturated heterocycles. The molecule has 174 valence electrons. The van der Waals surface area contributed by atoms with Crippen LogP contribution in [0.25, 0.3) is 22.6 Å². The third-order valence-electron chi connectivity index (χ3n) is 6.33. The fourth-order valence-corrected chi connectivity index (χ4v) is 4.55. The molecule has 2 aromatic heterocycles. The van der Waals surface area contributed by atoms with Gasteiger partial charge in [-0.05, 0) is 34.9 Å². The van der Waals surface area contributed by atoms with Gasteiger partial charge in [0.1, 0.15) is 11.4 Å².